The van der Waals surface area contributed by atoms with Gasteiger partial charge in [0.1, 0.15) is 5.84 Å². The van der Waals surface area contributed by atoms with Gasteiger partial charge in [0.05, 0.1) is 0 Å². The quantitative estimate of drug-likeness (QED) is 0.299. The first-order valence-electron chi connectivity index (χ1n) is 6.51. The standard InChI is InChI=1S/C13H27N3O/c1-12(2)7-5-6-10(12)15-9-8-13(3,4)11(14)16-17/h10,15,17H,5-9H2,1-4H3,(H2,14,16). The van der Waals surface area contributed by atoms with Crippen molar-refractivity contribution in [3.63, 3.8) is 0 Å². The molecule has 1 unspecified atom stereocenters. The van der Waals surface area contributed by atoms with Gasteiger partial charge in [0.25, 0.3) is 0 Å². The number of nitrogens with zero attached hydrogens (tertiary/aromatic N) is 1. The molecule has 0 saturated heterocycles. The fraction of sp³-hybridized carbons (Fsp3) is 0.923. The van der Waals surface area contributed by atoms with Crippen LogP contribution in [0.2, 0.25) is 0 Å². The number of nitrogens with one attached hydrogen (secondary N) is 1. The van der Waals surface area contributed by atoms with E-state index < -0.39 is 0 Å². The third-order valence-corrected chi connectivity index (χ3v) is 4.20. The lowest BCUT2D eigenvalue weighted by atomic mass is 9.85. The summed E-state index contributed by atoms with van der Waals surface area (Å²) in [7, 11) is 0. The van der Waals surface area contributed by atoms with E-state index in [2.05, 4.69) is 24.3 Å². The van der Waals surface area contributed by atoms with Crippen molar-refractivity contribution in [2.24, 2.45) is 21.7 Å². The van der Waals surface area contributed by atoms with Crippen LogP contribution in [-0.2, 0) is 0 Å². The molecule has 0 radical (unpaired) electrons. The first-order valence-corrected chi connectivity index (χ1v) is 6.51. The molecule has 1 aliphatic carbocycles. The fourth-order valence-corrected chi connectivity index (χ4v) is 2.53. The Labute approximate surface area is 105 Å². The molecule has 0 heterocycles. The second-order valence-corrected chi connectivity index (χ2v) is 6.51. The Bertz CT molecular complexity index is 284. The Balaban J connectivity index is 2.38. The summed E-state index contributed by atoms with van der Waals surface area (Å²) < 4.78 is 0. The number of amidine groups is 1. The van der Waals surface area contributed by atoms with Crippen LogP contribution in [0.5, 0.6) is 0 Å². The van der Waals surface area contributed by atoms with Gasteiger partial charge in [0.2, 0.25) is 0 Å². The third-order valence-electron chi connectivity index (χ3n) is 4.20. The van der Waals surface area contributed by atoms with Gasteiger partial charge in [0, 0.05) is 11.5 Å². The molecule has 0 aromatic heterocycles. The number of nitrogens with two attached hydrogens (primary N) is 1. The summed E-state index contributed by atoms with van der Waals surface area (Å²) >= 11 is 0. The summed E-state index contributed by atoms with van der Waals surface area (Å²) in [5.41, 5.74) is 5.83. The van der Waals surface area contributed by atoms with Gasteiger partial charge in [-0.05, 0) is 31.2 Å². The average molecular weight is 241 g/mol. The number of oxime groups is 1. The molecule has 4 nitrogen and oxygen atoms in total. The lowest BCUT2D eigenvalue weighted by Crippen LogP contribution is -2.41. The molecule has 1 saturated carbocycles. The Hall–Kier alpha value is -0.770. The van der Waals surface area contributed by atoms with E-state index in [4.69, 9.17) is 10.9 Å². The third kappa shape index (κ3) is 3.60. The summed E-state index contributed by atoms with van der Waals surface area (Å²) in [5.74, 6) is 0.310. The van der Waals surface area contributed by atoms with Crippen molar-refractivity contribution < 1.29 is 5.21 Å². The SMILES string of the molecule is CC(C)(CCNC1CCCC1(C)C)C(N)=NO. The summed E-state index contributed by atoms with van der Waals surface area (Å²) in [6.07, 6.45) is 4.76. The largest absolute Gasteiger partial charge is 0.409 e. The van der Waals surface area contributed by atoms with Crippen molar-refractivity contribution in [2.75, 3.05) is 6.54 Å². The normalized spacial score (nSPS) is 25.2. The van der Waals surface area contributed by atoms with Crippen LogP contribution in [-0.4, -0.2) is 23.6 Å². The highest BCUT2D eigenvalue weighted by atomic mass is 16.4. The van der Waals surface area contributed by atoms with E-state index in [1.54, 1.807) is 0 Å². The fourth-order valence-electron chi connectivity index (χ4n) is 2.53. The van der Waals surface area contributed by atoms with E-state index in [1.807, 2.05) is 13.8 Å². The monoisotopic (exact) mass is 241 g/mol. The number of hydrogen-bond acceptors (Lipinski definition) is 3. The van der Waals surface area contributed by atoms with Crippen molar-refractivity contribution in [2.45, 2.75) is 59.4 Å². The molecule has 0 amide bonds. The smallest absolute Gasteiger partial charge is 0.144 e. The van der Waals surface area contributed by atoms with E-state index in [9.17, 15) is 0 Å². The molecule has 1 atom stereocenters. The molecule has 0 spiro atoms. The summed E-state index contributed by atoms with van der Waals surface area (Å²) in [5, 5.41) is 15.4. The Morgan fingerprint density at radius 3 is 2.65 bits per heavy atom. The minimum absolute atomic E-state index is 0.246. The molecule has 0 bridgehead atoms. The maximum atomic E-state index is 8.71. The second-order valence-electron chi connectivity index (χ2n) is 6.51. The summed E-state index contributed by atoms with van der Waals surface area (Å²) in [4.78, 5) is 0. The van der Waals surface area contributed by atoms with Gasteiger partial charge in [0.15, 0.2) is 0 Å². The second kappa shape index (κ2) is 5.25. The predicted molar refractivity (Wildman–Crippen MR) is 71.2 cm³/mol. The van der Waals surface area contributed by atoms with E-state index in [0.717, 1.165) is 13.0 Å². The maximum Gasteiger partial charge on any atom is 0.144 e. The van der Waals surface area contributed by atoms with Crippen LogP contribution in [0.1, 0.15) is 53.4 Å². The van der Waals surface area contributed by atoms with Crippen molar-refractivity contribution in [1.82, 2.24) is 5.32 Å². The van der Waals surface area contributed by atoms with Crippen LogP contribution >= 0.6 is 0 Å². The van der Waals surface area contributed by atoms with Gasteiger partial charge < -0.3 is 16.3 Å². The molecule has 100 valence electrons. The Kier molecular flexibility index (Phi) is 4.42. The average Bonchev–Trinajstić information content (AvgIpc) is 2.57. The van der Waals surface area contributed by atoms with Crippen molar-refractivity contribution in [1.29, 1.82) is 0 Å². The first kappa shape index (κ1) is 14.3. The van der Waals surface area contributed by atoms with Crippen molar-refractivity contribution in [3.8, 4) is 0 Å². The lowest BCUT2D eigenvalue weighted by molar-refractivity contribution is 0.272. The molecule has 0 aromatic rings. The van der Waals surface area contributed by atoms with Gasteiger partial charge in [-0.3, -0.25) is 0 Å². The molecular weight excluding hydrogens is 214 g/mol. The zero-order valence-electron chi connectivity index (χ0n) is 11.6. The van der Waals surface area contributed by atoms with Gasteiger partial charge in [-0.1, -0.05) is 39.3 Å². The molecule has 4 heteroatoms. The minimum Gasteiger partial charge on any atom is -0.409 e. The van der Waals surface area contributed by atoms with Gasteiger partial charge in [-0.2, -0.15) is 0 Å². The molecule has 0 aromatic carbocycles. The Morgan fingerprint density at radius 2 is 2.18 bits per heavy atom. The van der Waals surface area contributed by atoms with Crippen LogP contribution in [0.4, 0.5) is 0 Å². The zero-order valence-corrected chi connectivity index (χ0v) is 11.6. The lowest BCUT2D eigenvalue weighted by Gasteiger charge is -2.30. The van der Waals surface area contributed by atoms with E-state index >= 15 is 0 Å². The number of rotatable bonds is 5. The summed E-state index contributed by atoms with van der Waals surface area (Å²) in [6.45, 7) is 9.57. The van der Waals surface area contributed by atoms with Gasteiger partial charge >= 0.3 is 0 Å². The molecule has 1 rings (SSSR count). The van der Waals surface area contributed by atoms with E-state index in [0.29, 0.717) is 17.3 Å². The molecular formula is C13H27N3O. The van der Waals surface area contributed by atoms with Gasteiger partial charge in [-0.15, -0.1) is 0 Å². The van der Waals surface area contributed by atoms with Crippen LogP contribution in [0, 0.1) is 10.8 Å². The highest BCUT2D eigenvalue weighted by Gasteiger charge is 2.34. The zero-order chi connectivity index (χ0) is 13.1. The molecule has 0 aliphatic heterocycles. The summed E-state index contributed by atoms with van der Waals surface area (Å²) in [6, 6.07) is 0.602. The van der Waals surface area contributed by atoms with Gasteiger partial charge in [-0.25, -0.2) is 0 Å². The topological polar surface area (TPSA) is 70.6 Å². The molecule has 4 N–H and O–H groups in total. The number of hydrogen-bond donors (Lipinski definition) is 3. The predicted octanol–water partition coefficient (Wildman–Crippen LogP) is 2.32. The van der Waals surface area contributed by atoms with E-state index in [-0.39, 0.29) is 5.41 Å². The minimum atomic E-state index is -0.246. The Morgan fingerprint density at radius 1 is 1.53 bits per heavy atom. The molecule has 1 aliphatic rings. The van der Waals surface area contributed by atoms with Crippen LogP contribution < -0.4 is 11.1 Å². The molecule has 1 fully saturated rings. The van der Waals surface area contributed by atoms with Crippen molar-refractivity contribution >= 4 is 5.84 Å². The van der Waals surface area contributed by atoms with E-state index in [1.165, 1.54) is 19.3 Å². The maximum absolute atomic E-state index is 8.71. The highest BCUT2D eigenvalue weighted by Crippen LogP contribution is 2.37. The van der Waals surface area contributed by atoms with Crippen LogP contribution in [0.15, 0.2) is 5.16 Å². The van der Waals surface area contributed by atoms with Crippen molar-refractivity contribution in [3.05, 3.63) is 0 Å². The first-order chi connectivity index (χ1) is 7.79. The highest BCUT2D eigenvalue weighted by molar-refractivity contribution is 5.85. The van der Waals surface area contributed by atoms with Crippen LogP contribution in [0.3, 0.4) is 0 Å². The van der Waals surface area contributed by atoms with Crippen LogP contribution in [0.25, 0.3) is 0 Å². The molecule has 17 heavy (non-hydrogen) atoms.